The lowest BCUT2D eigenvalue weighted by molar-refractivity contribution is 0.307. The van der Waals surface area contributed by atoms with Crippen molar-refractivity contribution in [1.29, 1.82) is 0 Å². The van der Waals surface area contributed by atoms with Gasteiger partial charge in [0.2, 0.25) is 0 Å². The van der Waals surface area contributed by atoms with Crippen LogP contribution in [0.25, 0.3) is 5.69 Å². The molecule has 0 saturated carbocycles. The summed E-state index contributed by atoms with van der Waals surface area (Å²) in [7, 11) is 2.14. The molecule has 0 fully saturated rings. The molecule has 0 aliphatic rings. The quantitative estimate of drug-likeness (QED) is 0.660. The fraction of sp³-hybridized carbons (Fsp3) is 0.400. The van der Waals surface area contributed by atoms with E-state index in [-0.39, 0.29) is 0 Å². The smallest absolute Gasteiger partial charge is 0.0948 e. The van der Waals surface area contributed by atoms with Crippen molar-refractivity contribution in [1.82, 2.24) is 24.2 Å². The van der Waals surface area contributed by atoms with Gasteiger partial charge in [-0.2, -0.15) is 5.10 Å². The molecule has 0 amide bonds. The van der Waals surface area contributed by atoms with Crippen LogP contribution in [0.2, 0.25) is 0 Å². The van der Waals surface area contributed by atoms with Crippen molar-refractivity contribution in [3.63, 3.8) is 0 Å². The molecule has 0 bridgehead atoms. The van der Waals surface area contributed by atoms with Gasteiger partial charge in [0, 0.05) is 37.6 Å². The molecule has 0 N–H and O–H groups in total. The average Bonchev–Trinajstić information content (AvgIpc) is 3.17. The van der Waals surface area contributed by atoms with E-state index in [1.807, 2.05) is 29.5 Å². The largest absolute Gasteiger partial charge is 0.333 e. The summed E-state index contributed by atoms with van der Waals surface area (Å²) in [4.78, 5) is 6.61. The van der Waals surface area contributed by atoms with Crippen molar-refractivity contribution in [2.75, 3.05) is 7.05 Å². The zero-order chi connectivity index (χ0) is 17.8. The second-order valence-corrected chi connectivity index (χ2v) is 7.18. The van der Waals surface area contributed by atoms with Gasteiger partial charge in [0.15, 0.2) is 0 Å². The zero-order valence-corrected chi connectivity index (χ0v) is 15.6. The summed E-state index contributed by atoms with van der Waals surface area (Å²) in [5, 5.41) is 4.53. The number of para-hydroxylation sites is 1. The van der Waals surface area contributed by atoms with Crippen LogP contribution >= 0.6 is 0 Å². The van der Waals surface area contributed by atoms with Crippen molar-refractivity contribution in [3.8, 4) is 5.69 Å². The van der Waals surface area contributed by atoms with Gasteiger partial charge in [0.05, 0.1) is 23.9 Å². The molecule has 0 spiro atoms. The molecule has 3 rings (SSSR count). The van der Waals surface area contributed by atoms with E-state index in [0.717, 1.165) is 25.3 Å². The normalized spacial score (nSPS) is 11.6. The van der Waals surface area contributed by atoms with E-state index in [9.17, 15) is 0 Å². The van der Waals surface area contributed by atoms with E-state index >= 15 is 0 Å². The number of aryl methyl sites for hydroxylation is 1. The maximum Gasteiger partial charge on any atom is 0.0948 e. The molecule has 0 aliphatic heterocycles. The molecule has 0 radical (unpaired) electrons. The van der Waals surface area contributed by atoms with Gasteiger partial charge >= 0.3 is 0 Å². The van der Waals surface area contributed by atoms with Crippen LogP contribution in [0.4, 0.5) is 0 Å². The minimum absolute atomic E-state index is 0.616. The molecule has 0 unspecified atom stereocenters. The number of imidazole rings is 1. The summed E-state index contributed by atoms with van der Waals surface area (Å²) in [5.41, 5.74) is 4.82. The van der Waals surface area contributed by atoms with Crippen molar-refractivity contribution < 1.29 is 0 Å². The van der Waals surface area contributed by atoms with Crippen LogP contribution in [-0.4, -0.2) is 31.3 Å². The zero-order valence-electron chi connectivity index (χ0n) is 15.6. The first-order valence-corrected chi connectivity index (χ1v) is 8.80. The number of hydrogen-bond acceptors (Lipinski definition) is 3. The standard InChI is InChI=1S/C20H27N5/c1-16(2)11-24-15-21-10-19(24)14-23(4)12-18-9-22-25(13-18)20-8-6-5-7-17(20)3/h5-10,13,15-16H,11-12,14H2,1-4H3. The number of hydrogen-bond donors (Lipinski definition) is 0. The molecule has 3 aromatic rings. The molecule has 0 atom stereocenters. The summed E-state index contributed by atoms with van der Waals surface area (Å²) in [5.74, 6) is 0.616. The van der Waals surface area contributed by atoms with Crippen molar-refractivity contribution in [2.45, 2.75) is 40.4 Å². The monoisotopic (exact) mass is 337 g/mol. The molecule has 5 nitrogen and oxygen atoms in total. The lowest BCUT2D eigenvalue weighted by Gasteiger charge is -2.17. The van der Waals surface area contributed by atoms with Gasteiger partial charge in [-0.3, -0.25) is 4.90 Å². The average molecular weight is 337 g/mol. The van der Waals surface area contributed by atoms with Gasteiger partial charge in [0.1, 0.15) is 0 Å². The molecular formula is C20H27N5. The fourth-order valence-corrected chi connectivity index (χ4v) is 3.08. The van der Waals surface area contributed by atoms with E-state index in [2.05, 4.69) is 71.8 Å². The molecule has 2 heterocycles. The molecule has 2 aromatic heterocycles. The lowest BCUT2D eigenvalue weighted by Crippen LogP contribution is -2.20. The maximum absolute atomic E-state index is 4.53. The van der Waals surface area contributed by atoms with Gasteiger partial charge in [-0.25, -0.2) is 9.67 Å². The Morgan fingerprint density at radius 1 is 1.12 bits per heavy atom. The predicted octanol–water partition coefficient (Wildman–Crippen LogP) is 3.67. The second kappa shape index (κ2) is 7.66. The first-order chi connectivity index (χ1) is 12.0. The minimum Gasteiger partial charge on any atom is -0.333 e. The summed E-state index contributed by atoms with van der Waals surface area (Å²) < 4.78 is 4.21. The summed E-state index contributed by atoms with van der Waals surface area (Å²) in [6.07, 6.45) is 7.97. The molecular weight excluding hydrogens is 310 g/mol. The Balaban J connectivity index is 1.65. The lowest BCUT2D eigenvalue weighted by atomic mass is 10.2. The van der Waals surface area contributed by atoms with Crippen LogP contribution in [0.5, 0.6) is 0 Å². The first-order valence-electron chi connectivity index (χ1n) is 8.80. The van der Waals surface area contributed by atoms with Gasteiger partial charge < -0.3 is 4.57 Å². The van der Waals surface area contributed by atoms with E-state index < -0.39 is 0 Å². The van der Waals surface area contributed by atoms with Crippen LogP contribution in [0.3, 0.4) is 0 Å². The third kappa shape index (κ3) is 4.37. The van der Waals surface area contributed by atoms with Crippen LogP contribution in [0.1, 0.15) is 30.7 Å². The van der Waals surface area contributed by atoms with Gasteiger partial charge in [0.25, 0.3) is 0 Å². The van der Waals surface area contributed by atoms with Crippen LogP contribution in [-0.2, 0) is 19.6 Å². The van der Waals surface area contributed by atoms with Gasteiger partial charge in [-0.15, -0.1) is 0 Å². The van der Waals surface area contributed by atoms with Crippen LogP contribution in [0, 0.1) is 12.8 Å². The van der Waals surface area contributed by atoms with Crippen LogP contribution in [0.15, 0.2) is 49.2 Å². The number of aromatic nitrogens is 4. The Morgan fingerprint density at radius 3 is 2.68 bits per heavy atom. The third-order valence-corrected chi connectivity index (χ3v) is 4.24. The highest BCUT2D eigenvalue weighted by Crippen LogP contribution is 2.15. The Kier molecular flexibility index (Phi) is 5.34. The highest BCUT2D eigenvalue weighted by molar-refractivity contribution is 5.39. The van der Waals surface area contributed by atoms with Crippen LogP contribution < -0.4 is 0 Å². The molecule has 25 heavy (non-hydrogen) atoms. The number of benzene rings is 1. The van der Waals surface area contributed by atoms with Gasteiger partial charge in [-0.05, 0) is 31.5 Å². The highest BCUT2D eigenvalue weighted by Gasteiger charge is 2.10. The first kappa shape index (κ1) is 17.4. The van der Waals surface area contributed by atoms with E-state index in [1.54, 1.807) is 0 Å². The SMILES string of the molecule is Cc1ccccc1-n1cc(CN(C)Cc2cncn2CC(C)C)cn1. The summed E-state index contributed by atoms with van der Waals surface area (Å²) in [6.45, 7) is 9.31. The van der Waals surface area contributed by atoms with E-state index in [0.29, 0.717) is 5.92 Å². The highest BCUT2D eigenvalue weighted by atomic mass is 15.3. The third-order valence-electron chi connectivity index (χ3n) is 4.24. The number of rotatable bonds is 7. The Hall–Kier alpha value is -2.40. The molecule has 0 saturated heterocycles. The molecule has 5 heteroatoms. The molecule has 0 aliphatic carbocycles. The van der Waals surface area contributed by atoms with Crippen molar-refractivity contribution in [3.05, 3.63) is 66.0 Å². The van der Waals surface area contributed by atoms with Crippen molar-refractivity contribution >= 4 is 0 Å². The van der Waals surface area contributed by atoms with E-state index in [1.165, 1.54) is 16.8 Å². The summed E-state index contributed by atoms with van der Waals surface area (Å²) in [6, 6.07) is 8.31. The van der Waals surface area contributed by atoms with Crippen molar-refractivity contribution in [2.24, 2.45) is 5.92 Å². The maximum atomic E-state index is 4.53. The number of nitrogens with zero attached hydrogens (tertiary/aromatic N) is 5. The Bertz CT molecular complexity index is 815. The second-order valence-electron chi connectivity index (χ2n) is 7.18. The van der Waals surface area contributed by atoms with Gasteiger partial charge in [-0.1, -0.05) is 32.0 Å². The fourth-order valence-electron chi connectivity index (χ4n) is 3.08. The molecule has 1 aromatic carbocycles. The topological polar surface area (TPSA) is 38.9 Å². The Labute approximate surface area is 149 Å². The summed E-state index contributed by atoms with van der Waals surface area (Å²) >= 11 is 0. The minimum atomic E-state index is 0.616. The molecule has 132 valence electrons. The predicted molar refractivity (Wildman–Crippen MR) is 101 cm³/mol. The van der Waals surface area contributed by atoms with E-state index in [4.69, 9.17) is 0 Å². The Morgan fingerprint density at radius 2 is 1.92 bits per heavy atom.